The van der Waals surface area contributed by atoms with Gasteiger partial charge in [-0.1, -0.05) is 6.07 Å². The third kappa shape index (κ3) is 2.97. The number of hydrogen-bond acceptors (Lipinski definition) is 7. The first-order valence-corrected chi connectivity index (χ1v) is 5.94. The molecule has 8 nitrogen and oxygen atoms in total. The number of rotatable bonds is 5. The minimum absolute atomic E-state index is 0.131. The zero-order valence-electron chi connectivity index (χ0n) is 10.9. The number of pyridine rings is 1. The van der Waals surface area contributed by atoms with E-state index in [4.69, 9.17) is 5.73 Å². The Morgan fingerprint density at radius 1 is 1.45 bits per heavy atom. The van der Waals surface area contributed by atoms with Crippen molar-refractivity contribution in [2.75, 3.05) is 24.2 Å². The molecule has 2 aromatic heterocycles. The Labute approximate surface area is 115 Å². The van der Waals surface area contributed by atoms with Crippen molar-refractivity contribution in [1.82, 2.24) is 15.0 Å². The molecule has 0 saturated carbocycles. The molecule has 2 N–H and O–H groups in total. The predicted octanol–water partition coefficient (Wildman–Crippen LogP) is 1.04. The lowest BCUT2D eigenvalue weighted by molar-refractivity contribution is -0.383. The Balaban J connectivity index is 2.15. The fourth-order valence-corrected chi connectivity index (χ4v) is 1.79. The van der Waals surface area contributed by atoms with Crippen LogP contribution in [0.15, 0.2) is 30.9 Å². The second kappa shape index (κ2) is 5.91. The van der Waals surface area contributed by atoms with Gasteiger partial charge in [0.25, 0.3) is 0 Å². The maximum absolute atomic E-state index is 11.0. The third-order valence-corrected chi connectivity index (χ3v) is 2.83. The van der Waals surface area contributed by atoms with Crippen LogP contribution in [0.3, 0.4) is 0 Å². The number of hydrogen-bond donors (Lipinski definition) is 1. The van der Waals surface area contributed by atoms with Crippen LogP contribution >= 0.6 is 0 Å². The van der Waals surface area contributed by atoms with E-state index in [0.717, 1.165) is 5.56 Å². The van der Waals surface area contributed by atoms with Crippen LogP contribution in [-0.4, -0.2) is 33.5 Å². The molecule has 0 unspecified atom stereocenters. The summed E-state index contributed by atoms with van der Waals surface area (Å²) in [4.78, 5) is 23.8. The van der Waals surface area contributed by atoms with Crippen LogP contribution in [0.2, 0.25) is 0 Å². The third-order valence-electron chi connectivity index (χ3n) is 2.83. The summed E-state index contributed by atoms with van der Waals surface area (Å²) in [5.41, 5.74) is 6.32. The predicted molar refractivity (Wildman–Crippen MR) is 74.3 cm³/mol. The van der Waals surface area contributed by atoms with Gasteiger partial charge in [-0.2, -0.15) is 0 Å². The lowest BCUT2D eigenvalue weighted by atomic mass is 10.2. The summed E-state index contributed by atoms with van der Waals surface area (Å²) in [6.07, 6.45) is 5.38. The number of nitrogen functional groups attached to an aromatic ring is 1. The molecule has 0 fully saturated rings. The number of nitro groups is 1. The molecule has 104 valence electrons. The monoisotopic (exact) mass is 274 g/mol. The SMILES string of the molecule is CN(CCc1cccnc1)c1ncnc(N)c1[N+](=O)[O-]. The van der Waals surface area contributed by atoms with Gasteiger partial charge in [-0.25, -0.2) is 9.97 Å². The minimum atomic E-state index is -0.564. The van der Waals surface area contributed by atoms with Gasteiger partial charge in [0.15, 0.2) is 0 Å². The van der Waals surface area contributed by atoms with E-state index in [1.165, 1.54) is 6.33 Å². The number of nitrogens with zero attached hydrogens (tertiary/aromatic N) is 5. The van der Waals surface area contributed by atoms with Gasteiger partial charge in [-0.3, -0.25) is 15.1 Å². The van der Waals surface area contributed by atoms with Crippen molar-refractivity contribution in [3.63, 3.8) is 0 Å². The van der Waals surface area contributed by atoms with Crippen molar-refractivity contribution < 1.29 is 4.92 Å². The van der Waals surface area contributed by atoms with Crippen molar-refractivity contribution in [3.05, 3.63) is 46.5 Å². The Morgan fingerprint density at radius 2 is 2.25 bits per heavy atom. The highest BCUT2D eigenvalue weighted by Gasteiger charge is 2.23. The molecule has 0 amide bonds. The van der Waals surface area contributed by atoms with Crippen LogP contribution in [0.5, 0.6) is 0 Å². The van der Waals surface area contributed by atoms with Gasteiger partial charge in [0.2, 0.25) is 11.6 Å². The maximum Gasteiger partial charge on any atom is 0.353 e. The Kier molecular flexibility index (Phi) is 4.04. The van der Waals surface area contributed by atoms with Crippen LogP contribution in [0.1, 0.15) is 5.56 Å². The highest BCUT2D eigenvalue weighted by atomic mass is 16.6. The first-order chi connectivity index (χ1) is 9.59. The molecule has 2 rings (SSSR count). The molecule has 0 bridgehead atoms. The van der Waals surface area contributed by atoms with Gasteiger partial charge in [0.05, 0.1) is 4.92 Å². The van der Waals surface area contributed by atoms with Crippen LogP contribution in [0.25, 0.3) is 0 Å². The molecular formula is C12H14N6O2. The largest absolute Gasteiger partial charge is 0.378 e. The second-order valence-corrected chi connectivity index (χ2v) is 4.22. The zero-order valence-corrected chi connectivity index (χ0v) is 10.9. The Morgan fingerprint density at radius 3 is 2.90 bits per heavy atom. The van der Waals surface area contributed by atoms with E-state index in [0.29, 0.717) is 13.0 Å². The average Bonchev–Trinajstić information content (AvgIpc) is 2.45. The fraction of sp³-hybridized carbons (Fsp3) is 0.250. The highest BCUT2D eigenvalue weighted by Crippen LogP contribution is 2.28. The number of nitrogens with two attached hydrogens (primary N) is 1. The molecule has 0 radical (unpaired) electrons. The van der Waals surface area contributed by atoms with Gasteiger partial charge in [0, 0.05) is 26.0 Å². The quantitative estimate of drug-likeness (QED) is 0.640. The van der Waals surface area contributed by atoms with Gasteiger partial charge >= 0.3 is 5.69 Å². The van der Waals surface area contributed by atoms with E-state index in [1.54, 1.807) is 24.3 Å². The van der Waals surface area contributed by atoms with Crippen molar-refractivity contribution in [2.45, 2.75) is 6.42 Å². The number of anilines is 2. The van der Waals surface area contributed by atoms with Crippen LogP contribution in [-0.2, 0) is 6.42 Å². The normalized spacial score (nSPS) is 10.2. The fourth-order valence-electron chi connectivity index (χ4n) is 1.79. The molecular weight excluding hydrogens is 260 g/mol. The van der Waals surface area contributed by atoms with Crippen molar-refractivity contribution in [1.29, 1.82) is 0 Å². The summed E-state index contributed by atoms with van der Waals surface area (Å²) in [7, 11) is 1.73. The van der Waals surface area contributed by atoms with E-state index in [9.17, 15) is 10.1 Å². The van der Waals surface area contributed by atoms with Crippen molar-refractivity contribution >= 4 is 17.3 Å². The number of aromatic nitrogens is 3. The minimum Gasteiger partial charge on any atom is -0.378 e. The van der Waals surface area contributed by atoms with E-state index in [-0.39, 0.29) is 17.3 Å². The lowest BCUT2D eigenvalue weighted by Gasteiger charge is -2.17. The van der Waals surface area contributed by atoms with Gasteiger partial charge < -0.3 is 10.6 Å². The van der Waals surface area contributed by atoms with Crippen LogP contribution < -0.4 is 10.6 Å². The van der Waals surface area contributed by atoms with Gasteiger partial charge in [-0.15, -0.1) is 0 Å². The Hall–Kier alpha value is -2.77. The average molecular weight is 274 g/mol. The van der Waals surface area contributed by atoms with E-state index < -0.39 is 4.92 Å². The molecule has 0 saturated heterocycles. The van der Waals surface area contributed by atoms with E-state index >= 15 is 0 Å². The summed E-state index contributed by atoms with van der Waals surface area (Å²) >= 11 is 0. The van der Waals surface area contributed by atoms with Crippen LogP contribution in [0, 0.1) is 10.1 Å². The van der Waals surface area contributed by atoms with E-state index in [1.807, 2.05) is 12.1 Å². The standard InChI is InChI=1S/C12H14N6O2/c1-17(6-4-9-3-2-5-14-7-9)12-10(18(19)20)11(13)15-8-16-12/h2-3,5,7-8H,4,6H2,1H3,(H2,13,15,16). The summed E-state index contributed by atoms with van der Waals surface area (Å²) < 4.78 is 0. The smallest absolute Gasteiger partial charge is 0.353 e. The maximum atomic E-state index is 11.0. The van der Waals surface area contributed by atoms with Crippen LogP contribution in [0.4, 0.5) is 17.3 Å². The second-order valence-electron chi connectivity index (χ2n) is 4.22. The molecule has 8 heteroatoms. The summed E-state index contributed by atoms with van der Waals surface area (Å²) in [5.74, 6) is 0.0830. The molecule has 0 atom stereocenters. The molecule has 2 aromatic rings. The highest BCUT2D eigenvalue weighted by molar-refractivity contribution is 5.68. The molecule has 0 aliphatic heterocycles. The molecule has 0 aliphatic rings. The topological polar surface area (TPSA) is 111 Å². The summed E-state index contributed by atoms with van der Waals surface area (Å²) in [6.45, 7) is 0.559. The first-order valence-electron chi connectivity index (χ1n) is 5.94. The zero-order chi connectivity index (χ0) is 14.5. The lowest BCUT2D eigenvalue weighted by Crippen LogP contribution is -2.23. The van der Waals surface area contributed by atoms with E-state index in [2.05, 4.69) is 15.0 Å². The molecule has 0 aromatic carbocycles. The summed E-state index contributed by atoms with van der Waals surface area (Å²) in [5, 5.41) is 11.0. The van der Waals surface area contributed by atoms with Crippen molar-refractivity contribution in [2.24, 2.45) is 0 Å². The molecule has 2 heterocycles. The molecule has 0 spiro atoms. The molecule has 20 heavy (non-hydrogen) atoms. The van der Waals surface area contributed by atoms with Crippen molar-refractivity contribution in [3.8, 4) is 0 Å². The Bertz CT molecular complexity index is 604. The molecule has 0 aliphatic carbocycles. The summed E-state index contributed by atoms with van der Waals surface area (Å²) in [6, 6.07) is 3.80. The number of likely N-dealkylation sites (N-methyl/N-ethyl adjacent to an activating group) is 1. The van der Waals surface area contributed by atoms with Gasteiger partial charge in [0.1, 0.15) is 6.33 Å². The first kappa shape index (κ1) is 13.7. The van der Waals surface area contributed by atoms with Gasteiger partial charge in [-0.05, 0) is 18.1 Å².